The fourth-order valence-corrected chi connectivity index (χ4v) is 2.59. The summed E-state index contributed by atoms with van der Waals surface area (Å²) < 4.78 is 16.2. The SMILES string of the molecule is CCNC(=NCc1cc(OC)c(OC)cc1OC)NC(C)CCC(C)C. The fourth-order valence-electron chi connectivity index (χ4n) is 2.59. The van der Waals surface area contributed by atoms with E-state index in [1.807, 2.05) is 12.1 Å². The number of guanidine groups is 1. The van der Waals surface area contributed by atoms with Crippen LogP contribution >= 0.6 is 0 Å². The van der Waals surface area contributed by atoms with Gasteiger partial charge in [0.25, 0.3) is 0 Å². The fraction of sp³-hybridized carbons (Fsp3) is 0.650. The second kappa shape index (κ2) is 11.5. The Bertz CT molecular complexity index is 574. The van der Waals surface area contributed by atoms with Crippen molar-refractivity contribution in [1.29, 1.82) is 0 Å². The number of hydrogen-bond donors (Lipinski definition) is 2. The zero-order valence-corrected chi connectivity index (χ0v) is 17.3. The summed E-state index contributed by atoms with van der Waals surface area (Å²) in [5, 5.41) is 6.78. The van der Waals surface area contributed by atoms with E-state index in [9.17, 15) is 0 Å². The molecule has 1 atom stereocenters. The molecule has 1 aromatic rings. The molecule has 2 N–H and O–H groups in total. The number of methoxy groups -OCH3 is 3. The summed E-state index contributed by atoms with van der Waals surface area (Å²) >= 11 is 0. The highest BCUT2D eigenvalue weighted by Gasteiger charge is 2.12. The summed E-state index contributed by atoms with van der Waals surface area (Å²) in [4.78, 5) is 4.71. The van der Waals surface area contributed by atoms with E-state index in [1.54, 1.807) is 21.3 Å². The number of nitrogens with one attached hydrogen (secondary N) is 2. The average molecular weight is 366 g/mol. The van der Waals surface area contributed by atoms with Crippen LogP contribution in [0.25, 0.3) is 0 Å². The van der Waals surface area contributed by atoms with Gasteiger partial charge in [-0.2, -0.15) is 0 Å². The van der Waals surface area contributed by atoms with Crippen LogP contribution in [-0.4, -0.2) is 39.9 Å². The van der Waals surface area contributed by atoms with Gasteiger partial charge in [-0.1, -0.05) is 13.8 Å². The minimum Gasteiger partial charge on any atom is -0.496 e. The molecule has 0 saturated carbocycles. The monoisotopic (exact) mass is 365 g/mol. The van der Waals surface area contributed by atoms with Crippen LogP contribution in [0.1, 0.15) is 46.1 Å². The van der Waals surface area contributed by atoms with Crippen molar-refractivity contribution in [2.24, 2.45) is 10.9 Å². The Morgan fingerprint density at radius 2 is 1.58 bits per heavy atom. The molecule has 148 valence electrons. The molecule has 0 heterocycles. The third-order valence-electron chi connectivity index (χ3n) is 4.10. The molecule has 0 bridgehead atoms. The van der Waals surface area contributed by atoms with Crippen LogP contribution in [0.15, 0.2) is 17.1 Å². The molecule has 0 fully saturated rings. The predicted octanol–water partition coefficient (Wildman–Crippen LogP) is 3.59. The standard InChI is InChI=1S/C20H35N3O3/c1-8-21-20(23-15(4)10-9-14(2)3)22-13-16-11-18(25-6)19(26-7)12-17(16)24-5/h11-12,14-15H,8-10,13H2,1-7H3,(H2,21,22,23). The Labute approximate surface area is 158 Å². The summed E-state index contributed by atoms with van der Waals surface area (Å²) in [6.07, 6.45) is 2.30. The Kier molecular flexibility index (Phi) is 9.70. The summed E-state index contributed by atoms with van der Waals surface area (Å²) in [6, 6.07) is 4.10. The maximum Gasteiger partial charge on any atom is 0.191 e. The Balaban J connectivity index is 2.91. The molecule has 6 nitrogen and oxygen atoms in total. The lowest BCUT2D eigenvalue weighted by molar-refractivity contribution is 0.347. The van der Waals surface area contributed by atoms with Gasteiger partial charge in [0.1, 0.15) is 5.75 Å². The minimum absolute atomic E-state index is 0.363. The zero-order chi connectivity index (χ0) is 19.5. The van der Waals surface area contributed by atoms with Gasteiger partial charge in [0.2, 0.25) is 0 Å². The van der Waals surface area contributed by atoms with E-state index in [0.29, 0.717) is 30.0 Å². The quantitative estimate of drug-likeness (QED) is 0.490. The largest absolute Gasteiger partial charge is 0.496 e. The lowest BCUT2D eigenvalue weighted by Gasteiger charge is -2.19. The second-order valence-electron chi connectivity index (χ2n) is 6.73. The van der Waals surface area contributed by atoms with Gasteiger partial charge in [0, 0.05) is 24.2 Å². The highest BCUT2D eigenvalue weighted by atomic mass is 16.5. The van der Waals surface area contributed by atoms with Crippen molar-refractivity contribution in [3.63, 3.8) is 0 Å². The molecule has 1 rings (SSSR count). The van der Waals surface area contributed by atoms with Gasteiger partial charge in [0.05, 0.1) is 27.9 Å². The smallest absolute Gasteiger partial charge is 0.191 e. The summed E-state index contributed by atoms with van der Waals surface area (Å²) in [5.74, 6) is 3.55. The van der Waals surface area contributed by atoms with Crippen LogP contribution < -0.4 is 24.8 Å². The third kappa shape index (κ3) is 7.02. The molecule has 0 amide bonds. The molecule has 0 radical (unpaired) electrons. The Morgan fingerprint density at radius 3 is 2.12 bits per heavy atom. The number of nitrogens with zero attached hydrogens (tertiary/aromatic N) is 1. The van der Waals surface area contributed by atoms with E-state index in [2.05, 4.69) is 38.3 Å². The van der Waals surface area contributed by atoms with Crippen LogP contribution in [0, 0.1) is 5.92 Å². The topological polar surface area (TPSA) is 64.1 Å². The normalized spacial score (nSPS) is 12.7. The third-order valence-corrected chi connectivity index (χ3v) is 4.10. The van der Waals surface area contributed by atoms with Crippen LogP contribution in [0.2, 0.25) is 0 Å². The van der Waals surface area contributed by atoms with Gasteiger partial charge in [0.15, 0.2) is 17.5 Å². The van der Waals surface area contributed by atoms with Crippen molar-refractivity contribution in [2.45, 2.75) is 53.1 Å². The van der Waals surface area contributed by atoms with E-state index in [4.69, 9.17) is 19.2 Å². The van der Waals surface area contributed by atoms with Gasteiger partial charge in [-0.05, 0) is 38.7 Å². The highest BCUT2D eigenvalue weighted by Crippen LogP contribution is 2.34. The lowest BCUT2D eigenvalue weighted by Crippen LogP contribution is -2.42. The van der Waals surface area contributed by atoms with Crippen molar-refractivity contribution in [1.82, 2.24) is 10.6 Å². The molecule has 0 aliphatic heterocycles. The van der Waals surface area contributed by atoms with Gasteiger partial charge in [-0.25, -0.2) is 4.99 Å². The first-order chi connectivity index (χ1) is 12.4. The average Bonchev–Trinajstić information content (AvgIpc) is 2.63. The number of ether oxygens (including phenoxy) is 3. The molecule has 0 aromatic heterocycles. The molecule has 0 aliphatic carbocycles. The first kappa shape index (κ1) is 21.9. The molecule has 1 unspecified atom stereocenters. The summed E-state index contributed by atoms with van der Waals surface area (Å²) in [5.41, 5.74) is 0.942. The highest BCUT2D eigenvalue weighted by molar-refractivity contribution is 5.80. The number of aliphatic imine (C=N–C) groups is 1. The van der Waals surface area contributed by atoms with E-state index in [-0.39, 0.29) is 0 Å². The van der Waals surface area contributed by atoms with E-state index < -0.39 is 0 Å². The Morgan fingerprint density at radius 1 is 0.962 bits per heavy atom. The maximum atomic E-state index is 5.48. The van der Waals surface area contributed by atoms with E-state index in [1.165, 1.54) is 6.42 Å². The van der Waals surface area contributed by atoms with E-state index in [0.717, 1.165) is 30.2 Å². The van der Waals surface area contributed by atoms with Gasteiger partial charge < -0.3 is 24.8 Å². The first-order valence-corrected chi connectivity index (χ1v) is 9.28. The molecule has 6 heteroatoms. The van der Waals surface area contributed by atoms with Crippen molar-refractivity contribution >= 4 is 5.96 Å². The number of benzene rings is 1. The molecular weight excluding hydrogens is 330 g/mol. The van der Waals surface area contributed by atoms with Crippen LogP contribution in [-0.2, 0) is 6.54 Å². The van der Waals surface area contributed by atoms with Crippen LogP contribution in [0.3, 0.4) is 0 Å². The van der Waals surface area contributed by atoms with Crippen LogP contribution in [0.5, 0.6) is 17.2 Å². The van der Waals surface area contributed by atoms with Crippen molar-refractivity contribution in [3.05, 3.63) is 17.7 Å². The molecule has 0 aliphatic rings. The van der Waals surface area contributed by atoms with Gasteiger partial charge in [-0.3, -0.25) is 0 Å². The van der Waals surface area contributed by atoms with E-state index >= 15 is 0 Å². The van der Waals surface area contributed by atoms with Crippen molar-refractivity contribution in [3.8, 4) is 17.2 Å². The number of hydrogen-bond acceptors (Lipinski definition) is 4. The summed E-state index contributed by atoms with van der Waals surface area (Å²) in [6.45, 7) is 10.0. The summed E-state index contributed by atoms with van der Waals surface area (Å²) in [7, 11) is 4.88. The lowest BCUT2D eigenvalue weighted by atomic mass is 10.0. The maximum absolute atomic E-state index is 5.48. The Hall–Kier alpha value is -2.11. The van der Waals surface area contributed by atoms with Crippen LogP contribution in [0.4, 0.5) is 0 Å². The van der Waals surface area contributed by atoms with Gasteiger partial charge >= 0.3 is 0 Å². The minimum atomic E-state index is 0.363. The first-order valence-electron chi connectivity index (χ1n) is 9.28. The molecule has 1 aromatic carbocycles. The van der Waals surface area contributed by atoms with Crippen molar-refractivity contribution < 1.29 is 14.2 Å². The zero-order valence-electron chi connectivity index (χ0n) is 17.3. The molecule has 0 saturated heterocycles. The second-order valence-corrected chi connectivity index (χ2v) is 6.73. The molecule has 26 heavy (non-hydrogen) atoms. The number of rotatable bonds is 10. The predicted molar refractivity (Wildman–Crippen MR) is 108 cm³/mol. The molecule has 0 spiro atoms. The molecular formula is C20H35N3O3. The van der Waals surface area contributed by atoms with Gasteiger partial charge in [-0.15, -0.1) is 0 Å². The van der Waals surface area contributed by atoms with Crippen molar-refractivity contribution in [2.75, 3.05) is 27.9 Å².